The number of nitrogens with one attached hydrogen (secondary N) is 2. The highest BCUT2D eigenvalue weighted by molar-refractivity contribution is 5.76. The molecule has 0 atom stereocenters. The van der Waals surface area contributed by atoms with Crippen molar-refractivity contribution in [3.8, 4) is 0 Å². The van der Waals surface area contributed by atoms with Gasteiger partial charge in [0.2, 0.25) is 5.91 Å². The Hall–Kier alpha value is -0.690. The predicted octanol–water partition coefficient (Wildman–Crippen LogP) is -0.197. The van der Waals surface area contributed by atoms with Gasteiger partial charge in [-0.2, -0.15) is 0 Å². The molecule has 0 spiro atoms. The molecule has 0 saturated carbocycles. The first-order valence-corrected chi connectivity index (χ1v) is 7.56. The number of carbonyl (C=O) groups is 1. The highest BCUT2D eigenvalue weighted by Gasteiger charge is 2.33. The van der Waals surface area contributed by atoms with Gasteiger partial charge in [-0.25, -0.2) is 0 Å². The third kappa shape index (κ3) is 4.70. The Kier molecular flexibility index (Phi) is 6.22. The number of rotatable bonds is 6. The zero-order valence-electron chi connectivity index (χ0n) is 12.0. The van der Waals surface area contributed by atoms with Crippen LogP contribution in [0.15, 0.2) is 0 Å². The zero-order valence-corrected chi connectivity index (χ0v) is 12.0. The first-order chi connectivity index (χ1) is 9.74. The highest BCUT2D eigenvalue weighted by atomic mass is 16.5. The van der Waals surface area contributed by atoms with E-state index in [1.807, 2.05) is 0 Å². The molecule has 1 amide bonds. The minimum Gasteiger partial charge on any atom is -0.394 e. The number of aliphatic hydroxyl groups is 1. The van der Waals surface area contributed by atoms with Crippen LogP contribution in [0.3, 0.4) is 0 Å². The van der Waals surface area contributed by atoms with Crippen LogP contribution < -0.4 is 10.6 Å². The molecule has 0 aromatic heterocycles. The maximum Gasteiger partial charge on any atom is 0.222 e. The number of hydrogen-bond donors (Lipinski definition) is 3. The van der Waals surface area contributed by atoms with E-state index in [9.17, 15) is 9.90 Å². The molecule has 2 aliphatic heterocycles. The molecule has 116 valence electrons. The number of ether oxygens (including phenoxy) is 2. The number of hydrogen-bond acceptors (Lipinski definition) is 5. The lowest BCUT2D eigenvalue weighted by atomic mass is 9.91. The number of carbonyl (C=O) groups excluding carboxylic acids is 1. The third-order valence-corrected chi connectivity index (χ3v) is 4.13. The van der Waals surface area contributed by atoms with Gasteiger partial charge < -0.3 is 25.2 Å². The Morgan fingerprint density at radius 1 is 1.35 bits per heavy atom. The third-order valence-electron chi connectivity index (χ3n) is 4.13. The maximum atomic E-state index is 12.0. The fourth-order valence-electron chi connectivity index (χ4n) is 2.72. The lowest BCUT2D eigenvalue weighted by Crippen LogP contribution is -2.54. The molecule has 0 aliphatic carbocycles. The molecule has 2 heterocycles. The molecule has 0 aromatic rings. The fourth-order valence-corrected chi connectivity index (χ4v) is 2.72. The number of piperidine rings is 1. The van der Waals surface area contributed by atoms with Crippen molar-refractivity contribution in [2.24, 2.45) is 0 Å². The largest absolute Gasteiger partial charge is 0.394 e. The molecule has 0 bridgehead atoms. The second kappa shape index (κ2) is 7.93. The molecule has 6 nitrogen and oxygen atoms in total. The van der Waals surface area contributed by atoms with E-state index < -0.39 is 5.54 Å². The van der Waals surface area contributed by atoms with Gasteiger partial charge in [0.15, 0.2) is 0 Å². The zero-order chi connectivity index (χ0) is 14.3. The summed E-state index contributed by atoms with van der Waals surface area (Å²) in [6, 6.07) is 0. The van der Waals surface area contributed by atoms with Crippen molar-refractivity contribution in [1.29, 1.82) is 0 Å². The number of amides is 1. The van der Waals surface area contributed by atoms with Crippen LogP contribution >= 0.6 is 0 Å². The monoisotopic (exact) mass is 286 g/mol. The summed E-state index contributed by atoms with van der Waals surface area (Å²) >= 11 is 0. The highest BCUT2D eigenvalue weighted by Crippen LogP contribution is 2.20. The molecule has 0 unspecified atom stereocenters. The summed E-state index contributed by atoms with van der Waals surface area (Å²) in [5.74, 6) is -0.0464. The molecule has 2 saturated heterocycles. The minimum absolute atomic E-state index is 0.0305. The number of aliphatic hydroxyl groups excluding tert-OH is 1. The van der Waals surface area contributed by atoms with Crippen molar-refractivity contribution >= 4 is 5.91 Å². The van der Waals surface area contributed by atoms with Gasteiger partial charge in [0, 0.05) is 19.6 Å². The van der Waals surface area contributed by atoms with Gasteiger partial charge in [0.25, 0.3) is 0 Å². The molecule has 2 fully saturated rings. The van der Waals surface area contributed by atoms with Gasteiger partial charge in [0.05, 0.1) is 24.9 Å². The Morgan fingerprint density at radius 2 is 2.05 bits per heavy atom. The lowest BCUT2D eigenvalue weighted by molar-refractivity contribution is -0.126. The fraction of sp³-hybridized carbons (Fsp3) is 0.929. The summed E-state index contributed by atoms with van der Waals surface area (Å²) in [5.41, 5.74) is -0.496. The van der Waals surface area contributed by atoms with Crippen molar-refractivity contribution in [3.05, 3.63) is 0 Å². The van der Waals surface area contributed by atoms with E-state index in [4.69, 9.17) is 9.47 Å². The quantitative estimate of drug-likeness (QED) is 0.630. The molecule has 0 aromatic carbocycles. The summed E-state index contributed by atoms with van der Waals surface area (Å²) in [7, 11) is 0. The molecule has 2 aliphatic rings. The topological polar surface area (TPSA) is 79.8 Å². The van der Waals surface area contributed by atoms with E-state index in [1.165, 1.54) is 0 Å². The minimum atomic E-state index is -0.496. The molecular formula is C14H26N2O4. The second-order valence-corrected chi connectivity index (χ2v) is 5.67. The van der Waals surface area contributed by atoms with Crippen LogP contribution in [0.5, 0.6) is 0 Å². The molecular weight excluding hydrogens is 260 g/mol. The van der Waals surface area contributed by atoms with Gasteiger partial charge >= 0.3 is 0 Å². The van der Waals surface area contributed by atoms with Crippen molar-refractivity contribution in [2.45, 2.75) is 43.7 Å². The van der Waals surface area contributed by atoms with Gasteiger partial charge in [-0.15, -0.1) is 0 Å². The predicted molar refractivity (Wildman–Crippen MR) is 74.5 cm³/mol. The van der Waals surface area contributed by atoms with Crippen molar-refractivity contribution in [1.82, 2.24) is 10.6 Å². The summed E-state index contributed by atoms with van der Waals surface area (Å²) in [5, 5.41) is 15.8. The molecule has 6 heteroatoms. The first kappa shape index (κ1) is 15.7. The molecule has 2 rings (SSSR count). The van der Waals surface area contributed by atoms with E-state index in [0.29, 0.717) is 39.1 Å². The van der Waals surface area contributed by atoms with Crippen molar-refractivity contribution in [2.75, 3.05) is 39.5 Å². The summed E-state index contributed by atoms with van der Waals surface area (Å²) in [4.78, 5) is 12.0. The van der Waals surface area contributed by atoms with Gasteiger partial charge in [-0.1, -0.05) is 0 Å². The SMILES string of the molecule is O=C(CCOC1CCNCC1)NC1(CO)CCOCC1. The lowest BCUT2D eigenvalue weighted by Gasteiger charge is -2.36. The average molecular weight is 286 g/mol. The Labute approximate surface area is 120 Å². The molecule has 20 heavy (non-hydrogen) atoms. The normalized spacial score (nSPS) is 23.4. The second-order valence-electron chi connectivity index (χ2n) is 5.67. The maximum absolute atomic E-state index is 12.0. The van der Waals surface area contributed by atoms with Gasteiger partial charge in [-0.05, 0) is 38.8 Å². The first-order valence-electron chi connectivity index (χ1n) is 7.56. The summed E-state index contributed by atoms with van der Waals surface area (Å²) in [6.45, 7) is 3.58. The molecule has 0 radical (unpaired) electrons. The molecule has 3 N–H and O–H groups in total. The Balaban J connectivity index is 1.66. The van der Waals surface area contributed by atoms with Crippen LogP contribution in [0, 0.1) is 0 Å². The standard InChI is InChI=1S/C14H26N2O4/c17-11-14(4-9-19-10-5-14)16-13(18)3-8-20-12-1-6-15-7-2-12/h12,15,17H,1-11H2,(H,16,18). The van der Waals surface area contributed by atoms with E-state index in [1.54, 1.807) is 0 Å². The van der Waals surface area contributed by atoms with E-state index in [-0.39, 0.29) is 18.6 Å². The van der Waals surface area contributed by atoms with Crippen molar-refractivity contribution in [3.63, 3.8) is 0 Å². The summed E-state index contributed by atoms with van der Waals surface area (Å²) < 4.78 is 11.0. The van der Waals surface area contributed by atoms with Crippen LogP contribution in [0.4, 0.5) is 0 Å². The van der Waals surface area contributed by atoms with Crippen LogP contribution in [0.1, 0.15) is 32.1 Å². The summed E-state index contributed by atoms with van der Waals surface area (Å²) in [6.07, 6.45) is 4.00. The smallest absolute Gasteiger partial charge is 0.222 e. The van der Waals surface area contributed by atoms with Crippen LogP contribution in [-0.2, 0) is 14.3 Å². The average Bonchev–Trinajstić information content (AvgIpc) is 2.49. The van der Waals surface area contributed by atoms with Crippen molar-refractivity contribution < 1.29 is 19.4 Å². The van der Waals surface area contributed by atoms with E-state index >= 15 is 0 Å². The van der Waals surface area contributed by atoms with E-state index in [0.717, 1.165) is 25.9 Å². The Bertz CT molecular complexity index is 300. The van der Waals surface area contributed by atoms with Gasteiger partial charge in [0.1, 0.15) is 0 Å². The van der Waals surface area contributed by atoms with Gasteiger partial charge in [-0.3, -0.25) is 4.79 Å². The Morgan fingerprint density at radius 3 is 2.70 bits per heavy atom. The van der Waals surface area contributed by atoms with Crippen LogP contribution in [-0.4, -0.2) is 62.2 Å². The van der Waals surface area contributed by atoms with Crippen LogP contribution in [0.2, 0.25) is 0 Å². The van der Waals surface area contributed by atoms with E-state index in [2.05, 4.69) is 10.6 Å². The van der Waals surface area contributed by atoms with Crippen LogP contribution in [0.25, 0.3) is 0 Å².